The van der Waals surface area contributed by atoms with Gasteiger partial charge < -0.3 is 4.57 Å². The van der Waals surface area contributed by atoms with Crippen molar-refractivity contribution in [1.29, 1.82) is 0 Å². The average Bonchev–Trinajstić information content (AvgIpc) is 3.37. The molecule has 0 aliphatic carbocycles. The van der Waals surface area contributed by atoms with Crippen molar-refractivity contribution < 1.29 is 8.42 Å². The van der Waals surface area contributed by atoms with Crippen LogP contribution in [0.2, 0.25) is 0 Å². The van der Waals surface area contributed by atoms with Crippen molar-refractivity contribution in [2.75, 3.05) is 13.1 Å². The molecule has 33 heavy (non-hydrogen) atoms. The number of sulfonamides is 1. The maximum Gasteiger partial charge on any atom is 0.252 e. The number of aromatic nitrogens is 1. The van der Waals surface area contributed by atoms with E-state index in [-0.39, 0.29) is 0 Å². The van der Waals surface area contributed by atoms with Crippen LogP contribution in [0.1, 0.15) is 41.1 Å². The number of nitrogens with zero attached hydrogens (tertiary/aromatic N) is 2. The Kier molecular flexibility index (Phi) is 6.25. The molecule has 1 fully saturated rings. The molecule has 0 N–H and O–H groups in total. The van der Waals surface area contributed by atoms with E-state index in [2.05, 4.69) is 82.9 Å². The molecule has 3 heterocycles. The second-order valence-electron chi connectivity index (χ2n) is 8.77. The number of rotatable bonds is 5. The maximum absolute atomic E-state index is 13.1. The SMILES string of the molecule is Cc1ccccc1Cn1c(C)c(C2CCN(S(=O)(=O)c3ccc(Br)s3)CC2)c2ccccc21. The van der Waals surface area contributed by atoms with E-state index >= 15 is 0 Å². The van der Waals surface area contributed by atoms with Gasteiger partial charge in [0.15, 0.2) is 0 Å². The normalized spacial score (nSPS) is 16.0. The Morgan fingerprint density at radius 2 is 1.67 bits per heavy atom. The summed E-state index contributed by atoms with van der Waals surface area (Å²) in [5.74, 6) is 0.356. The van der Waals surface area contributed by atoms with Crippen LogP contribution in [-0.4, -0.2) is 30.4 Å². The molecule has 2 aromatic carbocycles. The van der Waals surface area contributed by atoms with Crippen molar-refractivity contribution in [3.63, 3.8) is 0 Å². The van der Waals surface area contributed by atoms with Gasteiger partial charge in [0.1, 0.15) is 4.21 Å². The molecular formula is C26H27BrN2O2S2. The number of benzene rings is 2. The molecule has 172 valence electrons. The lowest BCUT2D eigenvalue weighted by molar-refractivity contribution is 0.320. The van der Waals surface area contributed by atoms with Gasteiger partial charge in [-0.1, -0.05) is 42.5 Å². The van der Waals surface area contributed by atoms with Crippen molar-refractivity contribution in [2.45, 2.75) is 43.4 Å². The Hall–Kier alpha value is -1.93. The zero-order valence-electron chi connectivity index (χ0n) is 18.8. The molecule has 1 saturated heterocycles. The minimum Gasteiger partial charge on any atom is -0.340 e. The van der Waals surface area contributed by atoms with Crippen LogP contribution in [0.25, 0.3) is 10.9 Å². The van der Waals surface area contributed by atoms with Crippen molar-refractivity contribution in [1.82, 2.24) is 8.87 Å². The average molecular weight is 544 g/mol. The van der Waals surface area contributed by atoms with E-state index in [0.29, 0.717) is 23.2 Å². The number of halogens is 1. The molecule has 0 spiro atoms. The number of para-hydroxylation sites is 1. The molecule has 4 nitrogen and oxygen atoms in total. The van der Waals surface area contributed by atoms with Crippen molar-refractivity contribution in [3.05, 3.63) is 86.8 Å². The third-order valence-corrected chi connectivity index (χ3v) is 10.9. The second-order valence-corrected chi connectivity index (χ2v) is 13.4. The van der Waals surface area contributed by atoms with E-state index in [0.717, 1.165) is 23.2 Å². The summed E-state index contributed by atoms with van der Waals surface area (Å²) < 4.78 is 31.5. The van der Waals surface area contributed by atoms with Crippen LogP contribution in [-0.2, 0) is 16.6 Å². The molecule has 0 saturated carbocycles. The zero-order chi connectivity index (χ0) is 23.2. The van der Waals surface area contributed by atoms with E-state index in [9.17, 15) is 8.42 Å². The summed E-state index contributed by atoms with van der Waals surface area (Å²) in [6, 6.07) is 20.7. The minimum absolute atomic E-state index is 0.356. The predicted molar refractivity (Wildman–Crippen MR) is 140 cm³/mol. The van der Waals surface area contributed by atoms with E-state index in [1.807, 2.05) is 0 Å². The van der Waals surface area contributed by atoms with E-state index in [1.54, 1.807) is 16.4 Å². The van der Waals surface area contributed by atoms with E-state index < -0.39 is 10.0 Å². The molecule has 0 radical (unpaired) electrons. The first-order valence-electron chi connectivity index (χ1n) is 11.2. The summed E-state index contributed by atoms with van der Waals surface area (Å²) in [4.78, 5) is 0. The fourth-order valence-corrected chi connectivity index (χ4v) is 8.72. The summed E-state index contributed by atoms with van der Waals surface area (Å²) in [6.07, 6.45) is 1.68. The number of hydrogen-bond donors (Lipinski definition) is 0. The first-order chi connectivity index (χ1) is 15.9. The van der Waals surface area contributed by atoms with Crippen LogP contribution in [0.3, 0.4) is 0 Å². The van der Waals surface area contributed by atoms with Crippen LogP contribution in [0, 0.1) is 13.8 Å². The predicted octanol–water partition coefficient (Wildman–Crippen LogP) is 6.70. The molecule has 0 atom stereocenters. The smallest absolute Gasteiger partial charge is 0.252 e. The molecule has 2 aromatic heterocycles. The third kappa shape index (κ3) is 4.20. The monoisotopic (exact) mass is 542 g/mol. The van der Waals surface area contributed by atoms with Gasteiger partial charge in [-0.25, -0.2) is 8.42 Å². The number of thiophene rings is 1. The molecule has 5 rings (SSSR count). The standard InChI is InChI=1S/C26H27BrN2O2S2/c1-18-7-3-4-8-21(18)17-29-19(2)26(22-9-5-6-10-23(22)29)20-13-15-28(16-14-20)33(30,31)25-12-11-24(27)32-25/h3-12,20H,13-17H2,1-2H3. The van der Waals surface area contributed by atoms with Gasteiger partial charge in [-0.2, -0.15) is 4.31 Å². The Balaban J connectivity index is 1.44. The molecule has 0 bridgehead atoms. The third-order valence-electron chi connectivity index (χ3n) is 6.87. The van der Waals surface area contributed by atoms with E-state index in [4.69, 9.17) is 0 Å². The second kappa shape index (κ2) is 9.02. The number of aryl methyl sites for hydroxylation is 1. The number of fused-ring (bicyclic) bond motifs is 1. The van der Waals surface area contributed by atoms with Crippen LogP contribution in [0.15, 0.2) is 68.7 Å². The van der Waals surface area contributed by atoms with Crippen LogP contribution < -0.4 is 0 Å². The van der Waals surface area contributed by atoms with Crippen molar-refractivity contribution in [3.8, 4) is 0 Å². The molecule has 1 aliphatic heterocycles. The molecule has 7 heteroatoms. The van der Waals surface area contributed by atoms with E-state index in [1.165, 1.54) is 44.6 Å². The number of piperidine rings is 1. The Morgan fingerprint density at radius 3 is 2.36 bits per heavy atom. The van der Waals surface area contributed by atoms with Crippen LogP contribution in [0.5, 0.6) is 0 Å². The highest BCUT2D eigenvalue weighted by atomic mass is 79.9. The molecule has 1 aliphatic rings. The highest BCUT2D eigenvalue weighted by Gasteiger charge is 2.33. The summed E-state index contributed by atoms with van der Waals surface area (Å²) in [5, 5.41) is 1.30. The molecule has 4 aromatic rings. The van der Waals surface area contributed by atoms with Crippen LogP contribution in [0.4, 0.5) is 0 Å². The van der Waals surface area contributed by atoms with Gasteiger partial charge in [0.2, 0.25) is 0 Å². The summed E-state index contributed by atoms with van der Waals surface area (Å²) in [6.45, 7) is 6.34. The van der Waals surface area contributed by atoms with Gasteiger partial charge in [0.25, 0.3) is 10.0 Å². The first kappa shape index (κ1) is 22.8. The highest BCUT2D eigenvalue weighted by molar-refractivity contribution is 9.11. The lowest BCUT2D eigenvalue weighted by Gasteiger charge is -2.31. The molecule has 0 unspecified atom stereocenters. The Bertz CT molecular complexity index is 1410. The lowest BCUT2D eigenvalue weighted by Crippen LogP contribution is -2.37. The largest absolute Gasteiger partial charge is 0.340 e. The summed E-state index contributed by atoms with van der Waals surface area (Å²) >= 11 is 4.66. The Morgan fingerprint density at radius 1 is 0.970 bits per heavy atom. The summed E-state index contributed by atoms with van der Waals surface area (Å²) in [5.41, 5.74) is 6.57. The maximum atomic E-state index is 13.1. The quantitative estimate of drug-likeness (QED) is 0.281. The van der Waals surface area contributed by atoms with Crippen LogP contribution >= 0.6 is 27.3 Å². The van der Waals surface area contributed by atoms with Gasteiger partial charge >= 0.3 is 0 Å². The van der Waals surface area contributed by atoms with Crippen molar-refractivity contribution in [2.24, 2.45) is 0 Å². The zero-order valence-corrected chi connectivity index (χ0v) is 22.0. The lowest BCUT2D eigenvalue weighted by atomic mass is 9.88. The Labute approximate surface area is 208 Å². The highest BCUT2D eigenvalue weighted by Crippen LogP contribution is 2.39. The van der Waals surface area contributed by atoms with Gasteiger partial charge in [-0.15, -0.1) is 11.3 Å². The minimum atomic E-state index is -3.42. The van der Waals surface area contributed by atoms with Crippen molar-refractivity contribution >= 4 is 48.2 Å². The molecule has 0 amide bonds. The van der Waals surface area contributed by atoms with Gasteiger partial charge in [-0.3, -0.25) is 0 Å². The van der Waals surface area contributed by atoms with Gasteiger partial charge in [0, 0.05) is 36.2 Å². The first-order valence-corrected chi connectivity index (χ1v) is 14.3. The van der Waals surface area contributed by atoms with Gasteiger partial charge in [-0.05, 0) is 83.4 Å². The topological polar surface area (TPSA) is 42.3 Å². The summed E-state index contributed by atoms with van der Waals surface area (Å²) in [7, 11) is -3.42. The fraction of sp³-hybridized carbons (Fsp3) is 0.308. The molecular weight excluding hydrogens is 516 g/mol. The number of hydrogen-bond acceptors (Lipinski definition) is 3. The van der Waals surface area contributed by atoms with Gasteiger partial charge in [0.05, 0.1) is 3.79 Å². The fourth-order valence-electron chi connectivity index (χ4n) is 5.08.